The van der Waals surface area contributed by atoms with Crippen LogP contribution < -0.4 is 5.32 Å². The van der Waals surface area contributed by atoms with E-state index in [4.69, 9.17) is 0 Å². The van der Waals surface area contributed by atoms with Crippen LogP contribution in [0.1, 0.15) is 46.4 Å². The minimum absolute atomic E-state index is 0.0196. The van der Waals surface area contributed by atoms with E-state index in [9.17, 15) is 22.8 Å². The molecule has 4 rings (SSSR count). The molecule has 1 aromatic heterocycles. The van der Waals surface area contributed by atoms with Crippen LogP contribution in [0.4, 0.5) is 13.2 Å². The van der Waals surface area contributed by atoms with Gasteiger partial charge in [-0.1, -0.05) is 24.3 Å². The number of piperidine rings is 1. The average molecular weight is 488 g/mol. The van der Waals surface area contributed by atoms with Crippen LogP contribution in [-0.4, -0.2) is 34.8 Å². The topological polar surface area (TPSA) is 62.3 Å². The quantitative estimate of drug-likeness (QED) is 0.512. The second-order valence-electron chi connectivity index (χ2n) is 8.23. The molecule has 2 aromatic carbocycles. The Bertz CT molecular complexity index is 1150. The molecule has 0 saturated carbocycles. The van der Waals surface area contributed by atoms with Gasteiger partial charge >= 0.3 is 6.18 Å². The molecular weight excluding hydrogens is 463 g/mol. The Balaban J connectivity index is 1.32. The maximum absolute atomic E-state index is 12.7. The van der Waals surface area contributed by atoms with Crippen LogP contribution in [0.5, 0.6) is 0 Å². The molecule has 2 amide bonds. The zero-order valence-corrected chi connectivity index (χ0v) is 19.2. The van der Waals surface area contributed by atoms with Crippen molar-refractivity contribution in [2.24, 2.45) is 0 Å². The number of carbonyl (C=O) groups excluding carboxylic acids is 2. The van der Waals surface area contributed by atoms with Crippen LogP contribution in [0.25, 0.3) is 10.6 Å². The highest BCUT2D eigenvalue weighted by atomic mass is 32.1. The molecule has 178 valence electrons. The van der Waals surface area contributed by atoms with Gasteiger partial charge in [0, 0.05) is 36.1 Å². The van der Waals surface area contributed by atoms with Gasteiger partial charge in [0.05, 0.1) is 17.7 Å². The molecule has 5 nitrogen and oxygen atoms in total. The largest absolute Gasteiger partial charge is 0.416 e. The van der Waals surface area contributed by atoms with Gasteiger partial charge in [0.15, 0.2) is 0 Å². The minimum atomic E-state index is -4.38. The van der Waals surface area contributed by atoms with Crippen LogP contribution in [0, 0.1) is 0 Å². The van der Waals surface area contributed by atoms with Crippen molar-refractivity contribution >= 4 is 23.2 Å². The summed E-state index contributed by atoms with van der Waals surface area (Å²) in [4.78, 5) is 31.4. The number of rotatable bonds is 6. The number of halogens is 3. The molecule has 1 aliphatic rings. The SMILES string of the molecule is O=C(Cc1csc(-c2ccc(C(F)(F)F)cc2)n1)NCc1cccc(C(=O)N2CCCCC2)c1. The smallest absolute Gasteiger partial charge is 0.352 e. The van der Waals surface area contributed by atoms with Gasteiger partial charge in [-0.25, -0.2) is 4.98 Å². The van der Waals surface area contributed by atoms with E-state index >= 15 is 0 Å². The van der Waals surface area contributed by atoms with Gasteiger partial charge in [-0.2, -0.15) is 13.2 Å². The summed E-state index contributed by atoms with van der Waals surface area (Å²) in [6.45, 7) is 1.85. The van der Waals surface area contributed by atoms with Crippen molar-refractivity contribution in [3.8, 4) is 10.6 Å². The lowest BCUT2D eigenvalue weighted by atomic mass is 10.1. The van der Waals surface area contributed by atoms with E-state index in [0.29, 0.717) is 21.8 Å². The number of amides is 2. The van der Waals surface area contributed by atoms with Crippen molar-refractivity contribution in [1.82, 2.24) is 15.2 Å². The number of hydrogen-bond donors (Lipinski definition) is 1. The van der Waals surface area contributed by atoms with Crippen molar-refractivity contribution in [2.75, 3.05) is 13.1 Å². The molecule has 1 aliphatic heterocycles. The zero-order valence-electron chi connectivity index (χ0n) is 18.4. The van der Waals surface area contributed by atoms with Gasteiger partial charge < -0.3 is 10.2 Å². The van der Waals surface area contributed by atoms with Gasteiger partial charge in [0.1, 0.15) is 5.01 Å². The molecule has 1 N–H and O–H groups in total. The van der Waals surface area contributed by atoms with Crippen molar-refractivity contribution in [3.63, 3.8) is 0 Å². The molecule has 1 fully saturated rings. The van der Waals surface area contributed by atoms with Crippen LogP contribution in [0.2, 0.25) is 0 Å². The van der Waals surface area contributed by atoms with Gasteiger partial charge in [-0.15, -0.1) is 11.3 Å². The molecule has 9 heteroatoms. The van der Waals surface area contributed by atoms with E-state index in [2.05, 4.69) is 10.3 Å². The zero-order chi connectivity index (χ0) is 24.1. The monoisotopic (exact) mass is 487 g/mol. The first-order chi connectivity index (χ1) is 16.3. The normalized spacial score (nSPS) is 14.1. The van der Waals surface area contributed by atoms with Crippen molar-refractivity contribution in [1.29, 1.82) is 0 Å². The summed E-state index contributed by atoms with van der Waals surface area (Å²) in [6.07, 6.45) is -1.12. The van der Waals surface area contributed by atoms with Gasteiger partial charge in [-0.05, 0) is 49.1 Å². The van der Waals surface area contributed by atoms with E-state index in [-0.39, 0.29) is 24.8 Å². The third-order valence-electron chi connectivity index (χ3n) is 5.66. The molecule has 0 unspecified atom stereocenters. The first kappa shape index (κ1) is 23.9. The summed E-state index contributed by atoms with van der Waals surface area (Å²) in [5, 5.41) is 5.12. The van der Waals surface area contributed by atoms with Crippen molar-refractivity contribution < 1.29 is 22.8 Å². The third kappa shape index (κ3) is 6.02. The standard InChI is InChI=1S/C25H24F3N3O2S/c26-25(27,28)20-9-7-18(8-10-20)23-30-21(16-34-23)14-22(32)29-15-17-5-4-6-19(13-17)24(33)31-11-2-1-3-12-31/h4-10,13,16H,1-3,11-12,14-15H2,(H,29,32). The molecule has 0 atom stereocenters. The Kier molecular flexibility index (Phi) is 7.31. The third-order valence-corrected chi connectivity index (χ3v) is 6.60. The summed E-state index contributed by atoms with van der Waals surface area (Å²) < 4.78 is 38.2. The van der Waals surface area contributed by atoms with Gasteiger partial charge in [-0.3, -0.25) is 9.59 Å². The fraction of sp³-hybridized carbons (Fsp3) is 0.320. The average Bonchev–Trinajstić information content (AvgIpc) is 3.31. The number of nitrogens with zero attached hydrogens (tertiary/aromatic N) is 2. The van der Waals surface area contributed by atoms with Crippen LogP contribution in [0.3, 0.4) is 0 Å². The number of hydrogen-bond acceptors (Lipinski definition) is 4. The summed E-state index contributed by atoms with van der Waals surface area (Å²) in [5.74, 6) is -0.205. The fourth-order valence-electron chi connectivity index (χ4n) is 3.84. The first-order valence-electron chi connectivity index (χ1n) is 11.1. The van der Waals surface area contributed by atoms with Crippen molar-refractivity contribution in [3.05, 3.63) is 76.3 Å². The maximum atomic E-state index is 12.7. The highest BCUT2D eigenvalue weighted by Crippen LogP contribution is 2.31. The lowest BCUT2D eigenvalue weighted by Gasteiger charge is -2.26. The Morgan fingerprint density at radius 2 is 1.76 bits per heavy atom. The maximum Gasteiger partial charge on any atom is 0.416 e. The van der Waals surface area contributed by atoms with E-state index < -0.39 is 11.7 Å². The van der Waals surface area contributed by atoms with E-state index in [1.807, 2.05) is 23.1 Å². The molecule has 0 spiro atoms. The molecule has 1 saturated heterocycles. The molecule has 0 radical (unpaired) electrons. The van der Waals surface area contributed by atoms with E-state index in [1.54, 1.807) is 11.4 Å². The Labute approximate surface area is 199 Å². The molecule has 2 heterocycles. The van der Waals surface area contributed by atoms with Crippen LogP contribution in [0.15, 0.2) is 53.9 Å². The number of nitrogens with one attached hydrogen (secondary N) is 1. The lowest BCUT2D eigenvalue weighted by Crippen LogP contribution is -2.35. The van der Waals surface area contributed by atoms with Crippen LogP contribution >= 0.6 is 11.3 Å². The van der Waals surface area contributed by atoms with Gasteiger partial charge in [0.25, 0.3) is 5.91 Å². The summed E-state index contributed by atoms with van der Waals surface area (Å²) in [6, 6.07) is 12.1. The highest BCUT2D eigenvalue weighted by Gasteiger charge is 2.30. The number of alkyl halides is 3. The van der Waals surface area contributed by atoms with E-state index in [0.717, 1.165) is 50.0 Å². The van der Waals surface area contributed by atoms with Crippen molar-refractivity contribution in [2.45, 2.75) is 38.4 Å². The predicted octanol–water partition coefficient (Wildman–Crippen LogP) is 5.31. The fourth-order valence-corrected chi connectivity index (χ4v) is 4.67. The van der Waals surface area contributed by atoms with Crippen LogP contribution in [-0.2, 0) is 23.9 Å². The molecule has 0 bridgehead atoms. The number of thiazole rings is 1. The predicted molar refractivity (Wildman–Crippen MR) is 124 cm³/mol. The Morgan fingerprint density at radius 3 is 2.47 bits per heavy atom. The minimum Gasteiger partial charge on any atom is -0.352 e. The molecule has 34 heavy (non-hydrogen) atoms. The second-order valence-corrected chi connectivity index (χ2v) is 9.08. The number of benzene rings is 2. The van der Waals surface area contributed by atoms with Gasteiger partial charge in [0.2, 0.25) is 5.91 Å². The second kappa shape index (κ2) is 10.4. The summed E-state index contributed by atoms with van der Waals surface area (Å²) >= 11 is 1.28. The summed E-state index contributed by atoms with van der Waals surface area (Å²) in [5.41, 5.74) is 1.86. The number of aromatic nitrogens is 1. The first-order valence-corrected chi connectivity index (χ1v) is 11.9. The Hall–Kier alpha value is -3.20. The summed E-state index contributed by atoms with van der Waals surface area (Å²) in [7, 11) is 0. The Morgan fingerprint density at radius 1 is 1.03 bits per heavy atom. The van der Waals surface area contributed by atoms with E-state index in [1.165, 1.54) is 23.5 Å². The molecular formula is C25H24F3N3O2S. The highest BCUT2D eigenvalue weighted by molar-refractivity contribution is 7.13. The lowest BCUT2D eigenvalue weighted by molar-refractivity contribution is -0.137. The number of carbonyl (C=O) groups is 2. The number of likely N-dealkylation sites (tertiary alicyclic amines) is 1. The molecule has 3 aromatic rings. The molecule has 0 aliphatic carbocycles.